The van der Waals surface area contributed by atoms with E-state index in [4.69, 9.17) is 4.74 Å². The van der Waals surface area contributed by atoms with Crippen LogP contribution in [0.1, 0.15) is 32.8 Å². The van der Waals surface area contributed by atoms with Gasteiger partial charge in [-0.15, -0.1) is 0 Å². The molecule has 0 aliphatic rings. The molecule has 0 fully saturated rings. The Morgan fingerprint density at radius 1 is 1.36 bits per heavy atom. The molecule has 1 aromatic carbocycles. The molecule has 0 amide bonds. The summed E-state index contributed by atoms with van der Waals surface area (Å²) in [6.45, 7) is 5.39. The maximum absolute atomic E-state index is 11.0. The molecule has 0 bridgehead atoms. The highest BCUT2D eigenvalue weighted by Gasteiger charge is 2.27. The van der Waals surface area contributed by atoms with Crippen molar-refractivity contribution in [2.24, 2.45) is 0 Å². The van der Waals surface area contributed by atoms with Crippen LogP contribution in [0, 0.1) is 0 Å². The molecular formula is C12H16O2. The first-order chi connectivity index (χ1) is 6.58. The van der Waals surface area contributed by atoms with E-state index < -0.39 is 5.60 Å². The normalized spacial score (nSPS) is 14.5. The molecule has 1 unspecified atom stereocenters. The molecule has 76 valence electrons. The molecule has 14 heavy (non-hydrogen) atoms. The molecule has 0 radical (unpaired) electrons. The number of carbonyl (C=O) groups excluding carboxylic acids is 1. The number of carbonyl (C=O) groups is 1. The van der Waals surface area contributed by atoms with Crippen molar-refractivity contribution in [2.75, 3.05) is 0 Å². The predicted molar refractivity (Wildman–Crippen MR) is 55.9 cm³/mol. The molecule has 2 nitrogen and oxygen atoms in total. The highest BCUT2D eigenvalue weighted by molar-refractivity contribution is 5.66. The molecule has 0 N–H and O–H groups in total. The van der Waals surface area contributed by atoms with Crippen molar-refractivity contribution in [3.63, 3.8) is 0 Å². The van der Waals surface area contributed by atoms with Gasteiger partial charge >= 0.3 is 5.97 Å². The zero-order valence-electron chi connectivity index (χ0n) is 8.91. The minimum atomic E-state index is -0.493. The van der Waals surface area contributed by atoms with Crippen molar-refractivity contribution in [1.29, 1.82) is 0 Å². The van der Waals surface area contributed by atoms with Gasteiger partial charge < -0.3 is 4.74 Å². The number of ether oxygens (including phenoxy) is 1. The van der Waals surface area contributed by atoms with Crippen molar-refractivity contribution in [3.8, 4) is 0 Å². The highest BCUT2D eigenvalue weighted by Crippen LogP contribution is 2.28. The molecule has 0 aliphatic heterocycles. The molecule has 1 aromatic rings. The van der Waals surface area contributed by atoms with Gasteiger partial charge in [0, 0.05) is 6.92 Å². The van der Waals surface area contributed by atoms with Gasteiger partial charge in [0.25, 0.3) is 0 Å². The van der Waals surface area contributed by atoms with E-state index in [2.05, 4.69) is 0 Å². The summed E-state index contributed by atoms with van der Waals surface area (Å²) in [6, 6.07) is 9.81. The van der Waals surface area contributed by atoms with Gasteiger partial charge in [0.1, 0.15) is 5.60 Å². The zero-order valence-corrected chi connectivity index (χ0v) is 8.91. The summed E-state index contributed by atoms with van der Waals surface area (Å²) in [5.74, 6) is -0.238. The van der Waals surface area contributed by atoms with E-state index in [1.807, 2.05) is 44.2 Å². The summed E-state index contributed by atoms with van der Waals surface area (Å²) in [5, 5.41) is 0. The van der Waals surface area contributed by atoms with Crippen LogP contribution in [0.25, 0.3) is 0 Å². The summed E-state index contributed by atoms with van der Waals surface area (Å²) in [5.41, 5.74) is 0.547. The van der Waals surface area contributed by atoms with Crippen LogP contribution in [0.5, 0.6) is 0 Å². The van der Waals surface area contributed by atoms with Crippen LogP contribution in [-0.2, 0) is 15.1 Å². The molecule has 2 heteroatoms. The first-order valence-corrected chi connectivity index (χ1v) is 4.83. The van der Waals surface area contributed by atoms with E-state index in [0.717, 1.165) is 12.0 Å². The number of hydrogen-bond acceptors (Lipinski definition) is 2. The molecule has 0 heterocycles. The van der Waals surface area contributed by atoms with Crippen molar-refractivity contribution in [3.05, 3.63) is 35.9 Å². The van der Waals surface area contributed by atoms with Crippen LogP contribution in [0.15, 0.2) is 30.3 Å². The summed E-state index contributed by atoms with van der Waals surface area (Å²) < 4.78 is 5.33. The second-order valence-electron chi connectivity index (χ2n) is 3.54. The first kappa shape index (κ1) is 10.8. The summed E-state index contributed by atoms with van der Waals surface area (Å²) in [4.78, 5) is 11.0. The van der Waals surface area contributed by atoms with Crippen molar-refractivity contribution in [1.82, 2.24) is 0 Å². The van der Waals surface area contributed by atoms with Gasteiger partial charge in [-0.25, -0.2) is 0 Å². The van der Waals surface area contributed by atoms with Gasteiger partial charge in [0.2, 0.25) is 0 Å². The minimum Gasteiger partial charge on any atom is -0.455 e. The minimum absolute atomic E-state index is 0.238. The van der Waals surface area contributed by atoms with Crippen LogP contribution in [0.3, 0.4) is 0 Å². The van der Waals surface area contributed by atoms with Crippen molar-refractivity contribution >= 4 is 5.97 Å². The van der Waals surface area contributed by atoms with Gasteiger partial charge in [-0.05, 0) is 18.9 Å². The third-order valence-electron chi connectivity index (χ3n) is 2.43. The molecule has 0 aliphatic carbocycles. The molecular weight excluding hydrogens is 176 g/mol. The largest absolute Gasteiger partial charge is 0.455 e. The Balaban J connectivity index is 2.95. The van der Waals surface area contributed by atoms with Gasteiger partial charge in [-0.3, -0.25) is 4.79 Å². The lowest BCUT2D eigenvalue weighted by Gasteiger charge is -2.28. The average Bonchev–Trinajstić information content (AvgIpc) is 2.18. The fraction of sp³-hybridized carbons (Fsp3) is 0.417. The molecule has 0 saturated carbocycles. The molecule has 0 saturated heterocycles. The molecule has 0 spiro atoms. The topological polar surface area (TPSA) is 26.3 Å². The van der Waals surface area contributed by atoms with Gasteiger partial charge in [0.15, 0.2) is 0 Å². The predicted octanol–water partition coefficient (Wildman–Crippen LogP) is 2.87. The standard InChI is InChI=1S/C12H16O2/c1-4-12(3,14-10(2)13)11-8-6-5-7-9-11/h5-9H,4H2,1-3H3. The second-order valence-corrected chi connectivity index (χ2v) is 3.54. The maximum atomic E-state index is 11.0. The van der Waals surface area contributed by atoms with Gasteiger partial charge in [-0.2, -0.15) is 0 Å². The Morgan fingerprint density at radius 3 is 2.36 bits per heavy atom. The maximum Gasteiger partial charge on any atom is 0.303 e. The summed E-state index contributed by atoms with van der Waals surface area (Å²) in [6.07, 6.45) is 0.774. The lowest BCUT2D eigenvalue weighted by molar-refractivity contribution is -0.156. The van der Waals surface area contributed by atoms with Crippen LogP contribution < -0.4 is 0 Å². The number of rotatable bonds is 3. The fourth-order valence-electron chi connectivity index (χ4n) is 1.44. The molecule has 0 aromatic heterocycles. The monoisotopic (exact) mass is 192 g/mol. The lowest BCUT2D eigenvalue weighted by atomic mass is 9.93. The first-order valence-electron chi connectivity index (χ1n) is 4.83. The van der Waals surface area contributed by atoms with Gasteiger partial charge in [-0.1, -0.05) is 37.3 Å². The third kappa shape index (κ3) is 2.34. The van der Waals surface area contributed by atoms with Crippen LogP contribution >= 0.6 is 0 Å². The quantitative estimate of drug-likeness (QED) is 0.688. The fourth-order valence-corrected chi connectivity index (χ4v) is 1.44. The smallest absolute Gasteiger partial charge is 0.303 e. The lowest BCUT2D eigenvalue weighted by Crippen LogP contribution is -2.27. The Hall–Kier alpha value is -1.31. The van der Waals surface area contributed by atoms with Crippen molar-refractivity contribution < 1.29 is 9.53 Å². The van der Waals surface area contributed by atoms with E-state index in [9.17, 15) is 4.79 Å². The van der Waals surface area contributed by atoms with E-state index in [1.165, 1.54) is 6.92 Å². The Morgan fingerprint density at radius 2 is 1.93 bits per heavy atom. The van der Waals surface area contributed by atoms with E-state index in [1.54, 1.807) is 0 Å². The van der Waals surface area contributed by atoms with E-state index in [-0.39, 0.29) is 5.97 Å². The molecule has 1 rings (SSSR count). The highest BCUT2D eigenvalue weighted by atomic mass is 16.6. The number of esters is 1. The summed E-state index contributed by atoms with van der Waals surface area (Å²) in [7, 11) is 0. The SMILES string of the molecule is CCC(C)(OC(C)=O)c1ccccc1. The Bertz CT molecular complexity index is 305. The zero-order chi connectivity index (χ0) is 10.6. The van der Waals surface area contributed by atoms with Gasteiger partial charge in [0.05, 0.1) is 0 Å². The van der Waals surface area contributed by atoms with Crippen LogP contribution in [-0.4, -0.2) is 5.97 Å². The number of hydrogen-bond donors (Lipinski definition) is 0. The van der Waals surface area contributed by atoms with Crippen LogP contribution in [0.2, 0.25) is 0 Å². The Labute approximate surface area is 84.9 Å². The average molecular weight is 192 g/mol. The van der Waals surface area contributed by atoms with E-state index >= 15 is 0 Å². The van der Waals surface area contributed by atoms with Crippen molar-refractivity contribution in [2.45, 2.75) is 32.8 Å². The second kappa shape index (κ2) is 4.27. The van der Waals surface area contributed by atoms with E-state index in [0.29, 0.717) is 0 Å². The van der Waals surface area contributed by atoms with Crippen LogP contribution in [0.4, 0.5) is 0 Å². The number of benzene rings is 1. The summed E-state index contributed by atoms with van der Waals surface area (Å²) >= 11 is 0. The Kier molecular flexibility index (Phi) is 3.28. The molecule has 1 atom stereocenters. The third-order valence-corrected chi connectivity index (χ3v) is 2.43.